The minimum Gasteiger partial charge on any atom is -0.364 e. The molecule has 0 aliphatic carbocycles. The van der Waals surface area contributed by atoms with Gasteiger partial charge < -0.3 is 5.32 Å². The molecule has 0 atom stereocenters. The summed E-state index contributed by atoms with van der Waals surface area (Å²) in [7, 11) is 0. The van der Waals surface area contributed by atoms with Crippen LogP contribution in [-0.2, 0) is 13.0 Å². The van der Waals surface area contributed by atoms with Crippen LogP contribution in [0, 0.1) is 0 Å². The summed E-state index contributed by atoms with van der Waals surface area (Å²) in [5.74, 6) is 1.61. The van der Waals surface area contributed by atoms with Crippen molar-refractivity contribution in [1.82, 2.24) is 18.7 Å². The molecule has 0 saturated heterocycles. The zero-order valence-electron chi connectivity index (χ0n) is 10.7. The Balaban J connectivity index is 1.66. The van der Waals surface area contributed by atoms with Crippen LogP contribution in [-0.4, -0.2) is 18.7 Å². The van der Waals surface area contributed by atoms with E-state index in [1.807, 2.05) is 24.3 Å². The van der Waals surface area contributed by atoms with Crippen LogP contribution in [0.5, 0.6) is 0 Å². The molecule has 0 spiro atoms. The fourth-order valence-electron chi connectivity index (χ4n) is 1.80. The molecule has 1 aromatic carbocycles. The van der Waals surface area contributed by atoms with Gasteiger partial charge in [-0.05, 0) is 11.6 Å². The van der Waals surface area contributed by atoms with E-state index in [1.54, 1.807) is 12.4 Å². The third kappa shape index (κ3) is 3.36. The summed E-state index contributed by atoms with van der Waals surface area (Å²) in [6.45, 7) is 0.623. The first kappa shape index (κ1) is 12.7. The molecule has 0 amide bonds. The monoisotopic (exact) mass is 283 g/mol. The van der Waals surface area contributed by atoms with E-state index in [2.05, 4.69) is 36.2 Å². The van der Waals surface area contributed by atoms with Crippen LogP contribution in [0.4, 0.5) is 5.82 Å². The highest BCUT2D eigenvalue weighted by atomic mass is 32.1. The summed E-state index contributed by atoms with van der Waals surface area (Å²) in [5.41, 5.74) is 2.12. The summed E-state index contributed by atoms with van der Waals surface area (Å²) in [4.78, 5) is 8.80. The standard InChI is InChI=1S/C14H13N5S/c1-2-4-11(5-3-1)8-14-15-7-6-13(18-14)16-9-12-10-17-20-19-12/h1-7,10H,8-9H2,(H,15,16,18). The first-order valence-corrected chi connectivity index (χ1v) is 6.99. The molecule has 20 heavy (non-hydrogen) atoms. The first-order chi connectivity index (χ1) is 9.90. The molecule has 0 bridgehead atoms. The van der Waals surface area contributed by atoms with Crippen LogP contribution in [0.2, 0.25) is 0 Å². The van der Waals surface area contributed by atoms with Crippen molar-refractivity contribution in [2.24, 2.45) is 0 Å². The largest absolute Gasteiger partial charge is 0.364 e. The number of nitrogens with one attached hydrogen (secondary N) is 1. The number of aromatic nitrogens is 4. The van der Waals surface area contributed by atoms with Crippen LogP contribution in [0.25, 0.3) is 0 Å². The van der Waals surface area contributed by atoms with Crippen molar-refractivity contribution in [2.75, 3.05) is 5.32 Å². The minimum atomic E-state index is 0.623. The van der Waals surface area contributed by atoms with E-state index in [9.17, 15) is 0 Å². The summed E-state index contributed by atoms with van der Waals surface area (Å²) >= 11 is 1.21. The quantitative estimate of drug-likeness (QED) is 0.779. The first-order valence-electron chi connectivity index (χ1n) is 6.26. The number of anilines is 1. The maximum Gasteiger partial charge on any atom is 0.135 e. The van der Waals surface area contributed by atoms with Crippen LogP contribution in [0.1, 0.15) is 17.1 Å². The van der Waals surface area contributed by atoms with Gasteiger partial charge in [-0.3, -0.25) is 0 Å². The van der Waals surface area contributed by atoms with Crippen molar-refractivity contribution in [1.29, 1.82) is 0 Å². The molecule has 0 fully saturated rings. The molecular formula is C14H13N5S. The predicted octanol–water partition coefficient (Wildman–Crippen LogP) is 2.53. The van der Waals surface area contributed by atoms with Gasteiger partial charge in [0.15, 0.2) is 0 Å². The molecule has 5 nitrogen and oxygen atoms in total. The van der Waals surface area contributed by atoms with Gasteiger partial charge in [0.05, 0.1) is 30.2 Å². The zero-order chi connectivity index (χ0) is 13.6. The topological polar surface area (TPSA) is 63.6 Å². The summed E-state index contributed by atoms with van der Waals surface area (Å²) in [6, 6.07) is 12.0. The van der Waals surface area contributed by atoms with Crippen molar-refractivity contribution in [3.05, 3.63) is 65.9 Å². The van der Waals surface area contributed by atoms with Crippen LogP contribution < -0.4 is 5.32 Å². The number of nitrogens with zero attached hydrogens (tertiary/aromatic N) is 4. The lowest BCUT2D eigenvalue weighted by molar-refractivity contribution is 0.953. The maximum atomic E-state index is 4.50. The van der Waals surface area contributed by atoms with Gasteiger partial charge in [0.1, 0.15) is 11.6 Å². The van der Waals surface area contributed by atoms with E-state index >= 15 is 0 Å². The predicted molar refractivity (Wildman–Crippen MR) is 78.5 cm³/mol. The fourth-order valence-corrected chi connectivity index (χ4v) is 2.24. The average Bonchev–Trinajstić information content (AvgIpc) is 3.00. The lowest BCUT2D eigenvalue weighted by atomic mass is 10.1. The highest BCUT2D eigenvalue weighted by Crippen LogP contribution is 2.09. The normalized spacial score (nSPS) is 10.4. The smallest absolute Gasteiger partial charge is 0.135 e. The molecule has 2 heterocycles. The summed E-state index contributed by atoms with van der Waals surface area (Å²) < 4.78 is 8.11. The fraction of sp³-hybridized carbons (Fsp3) is 0.143. The lowest BCUT2D eigenvalue weighted by Crippen LogP contribution is -2.04. The second kappa shape index (κ2) is 6.21. The Labute approximate surface area is 121 Å². The van der Waals surface area contributed by atoms with E-state index < -0.39 is 0 Å². The average molecular weight is 283 g/mol. The highest BCUT2D eigenvalue weighted by Gasteiger charge is 2.02. The molecular weight excluding hydrogens is 270 g/mol. The van der Waals surface area contributed by atoms with Crippen molar-refractivity contribution < 1.29 is 0 Å². The van der Waals surface area contributed by atoms with Crippen molar-refractivity contribution in [2.45, 2.75) is 13.0 Å². The molecule has 2 aromatic heterocycles. The van der Waals surface area contributed by atoms with Crippen LogP contribution in [0.3, 0.4) is 0 Å². The summed E-state index contributed by atoms with van der Waals surface area (Å²) in [6.07, 6.45) is 4.26. The number of hydrogen-bond acceptors (Lipinski definition) is 6. The van der Waals surface area contributed by atoms with Crippen molar-refractivity contribution in [3.63, 3.8) is 0 Å². The zero-order valence-corrected chi connectivity index (χ0v) is 11.5. The van der Waals surface area contributed by atoms with Crippen LogP contribution >= 0.6 is 11.7 Å². The third-order valence-corrected chi connectivity index (χ3v) is 3.28. The molecule has 0 aliphatic heterocycles. The molecule has 6 heteroatoms. The van der Waals surface area contributed by atoms with Crippen molar-refractivity contribution >= 4 is 17.5 Å². The second-order valence-corrected chi connectivity index (χ2v) is 4.83. The SMILES string of the molecule is c1ccc(Cc2nccc(NCc3cnsn3)n2)cc1. The third-order valence-electron chi connectivity index (χ3n) is 2.77. The van der Waals surface area contributed by atoms with Crippen LogP contribution in [0.15, 0.2) is 48.8 Å². The second-order valence-electron chi connectivity index (χ2n) is 4.27. The minimum absolute atomic E-state index is 0.623. The molecule has 0 aliphatic rings. The Morgan fingerprint density at radius 1 is 1.10 bits per heavy atom. The lowest BCUT2D eigenvalue weighted by Gasteiger charge is -2.05. The van der Waals surface area contributed by atoms with E-state index in [4.69, 9.17) is 0 Å². The van der Waals surface area contributed by atoms with Gasteiger partial charge in [-0.25, -0.2) is 9.97 Å². The van der Waals surface area contributed by atoms with Gasteiger partial charge in [0.2, 0.25) is 0 Å². The molecule has 0 saturated carbocycles. The Morgan fingerprint density at radius 2 is 2.00 bits per heavy atom. The Bertz CT molecular complexity index is 654. The number of hydrogen-bond donors (Lipinski definition) is 1. The highest BCUT2D eigenvalue weighted by molar-refractivity contribution is 6.99. The number of benzene rings is 1. The molecule has 1 N–H and O–H groups in total. The van der Waals surface area contributed by atoms with E-state index in [0.29, 0.717) is 6.54 Å². The molecule has 0 unspecified atom stereocenters. The Hall–Kier alpha value is -2.34. The Kier molecular flexibility index (Phi) is 3.93. The van der Waals surface area contributed by atoms with E-state index in [-0.39, 0.29) is 0 Å². The van der Waals surface area contributed by atoms with E-state index in [0.717, 1.165) is 23.8 Å². The molecule has 3 aromatic rings. The molecule has 100 valence electrons. The maximum absolute atomic E-state index is 4.50. The molecule has 0 radical (unpaired) electrons. The van der Waals surface area contributed by atoms with Gasteiger partial charge in [-0.2, -0.15) is 8.75 Å². The summed E-state index contributed by atoms with van der Waals surface area (Å²) in [5, 5.41) is 3.23. The van der Waals surface area contributed by atoms with Gasteiger partial charge in [-0.15, -0.1) is 0 Å². The van der Waals surface area contributed by atoms with Crippen molar-refractivity contribution in [3.8, 4) is 0 Å². The number of rotatable bonds is 5. The Morgan fingerprint density at radius 3 is 2.80 bits per heavy atom. The van der Waals surface area contributed by atoms with Gasteiger partial charge in [-0.1, -0.05) is 30.3 Å². The molecule has 3 rings (SSSR count). The van der Waals surface area contributed by atoms with Gasteiger partial charge in [0, 0.05) is 12.6 Å². The van der Waals surface area contributed by atoms with E-state index in [1.165, 1.54) is 17.3 Å². The van der Waals surface area contributed by atoms with Gasteiger partial charge in [0.25, 0.3) is 0 Å². The van der Waals surface area contributed by atoms with Gasteiger partial charge >= 0.3 is 0 Å².